The first-order valence-electron chi connectivity index (χ1n) is 5.19. The maximum atomic E-state index is 10.7. The maximum Gasteiger partial charge on any atom is 0.330 e. The number of carbonyl (C=O) groups excluding carboxylic acids is 1. The summed E-state index contributed by atoms with van der Waals surface area (Å²) >= 11 is 0. The Balaban J connectivity index is 3.37. The molecule has 15 heavy (non-hydrogen) atoms. The standard InChI is InChI=1S/C12H19NO2/c1-5-11(14)15-10-8-6-7-9-12(2,3)13-4/h5H,1,6-10H2,2-3H3. The molecule has 0 aromatic rings. The Morgan fingerprint density at radius 3 is 2.67 bits per heavy atom. The lowest BCUT2D eigenvalue weighted by molar-refractivity contribution is -0.137. The first kappa shape index (κ1) is 13.7. The summed E-state index contributed by atoms with van der Waals surface area (Å²) in [6.07, 6.45) is 4.91. The average Bonchev–Trinajstić information content (AvgIpc) is 2.22. The minimum Gasteiger partial charge on any atom is -0.463 e. The minimum atomic E-state index is -0.364. The largest absolute Gasteiger partial charge is 0.463 e. The van der Waals surface area contributed by atoms with Crippen molar-refractivity contribution in [3.05, 3.63) is 24.1 Å². The van der Waals surface area contributed by atoms with Crippen LogP contribution in [0.3, 0.4) is 0 Å². The van der Waals surface area contributed by atoms with Crippen LogP contribution in [0.4, 0.5) is 0 Å². The molecular formula is C12H19NO2. The molecule has 0 amide bonds. The molecule has 0 aliphatic heterocycles. The summed E-state index contributed by atoms with van der Waals surface area (Å²) in [5.74, 6) is -0.364. The molecule has 0 unspecified atom stereocenters. The summed E-state index contributed by atoms with van der Waals surface area (Å²) in [6, 6.07) is 0. The molecule has 0 rings (SSSR count). The quantitative estimate of drug-likeness (QED) is 0.279. The van der Waals surface area contributed by atoms with E-state index in [-0.39, 0.29) is 11.5 Å². The van der Waals surface area contributed by atoms with Gasteiger partial charge in [0.2, 0.25) is 5.54 Å². The van der Waals surface area contributed by atoms with Gasteiger partial charge in [0.1, 0.15) is 0 Å². The summed E-state index contributed by atoms with van der Waals surface area (Å²) < 4.78 is 4.83. The van der Waals surface area contributed by atoms with Crippen molar-refractivity contribution >= 4 is 5.97 Å². The van der Waals surface area contributed by atoms with Crippen molar-refractivity contribution in [3.63, 3.8) is 0 Å². The molecule has 0 aromatic carbocycles. The summed E-state index contributed by atoms with van der Waals surface area (Å²) in [7, 11) is 0. The highest BCUT2D eigenvalue weighted by Gasteiger charge is 2.21. The number of carbonyl (C=O) groups is 1. The van der Waals surface area contributed by atoms with Crippen LogP contribution >= 0.6 is 0 Å². The zero-order chi connectivity index (χ0) is 11.7. The molecular weight excluding hydrogens is 190 g/mol. The lowest BCUT2D eigenvalue weighted by Gasteiger charge is -2.10. The molecule has 0 aliphatic carbocycles. The monoisotopic (exact) mass is 209 g/mol. The zero-order valence-electron chi connectivity index (χ0n) is 9.58. The van der Waals surface area contributed by atoms with Gasteiger partial charge in [-0.15, -0.1) is 0 Å². The van der Waals surface area contributed by atoms with E-state index in [2.05, 4.69) is 11.4 Å². The van der Waals surface area contributed by atoms with Gasteiger partial charge in [-0.1, -0.05) is 6.58 Å². The van der Waals surface area contributed by atoms with E-state index in [4.69, 9.17) is 11.3 Å². The van der Waals surface area contributed by atoms with Gasteiger partial charge >= 0.3 is 5.97 Å². The highest BCUT2D eigenvalue weighted by Crippen LogP contribution is 2.17. The van der Waals surface area contributed by atoms with Crippen molar-refractivity contribution in [2.45, 2.75) is 45.1 Å². The summed E-state index contributed by atoms with van der Waals surface area (Å²) in [5.41, 5.74) is -0.252. The Bertz CT molecular complexity index is 251. The molecule has 3 nitrogen and oxygen atoms in total. The van der Waals surface area contributed by atoms with Gasteiger partial charge in [-0.05, 0) is 19.3 Å². The highest BCUT2D eigenvalue weighted by atomic mass is 16.5. The van der Waals surface area contributed by atoms with Gasteiger partial charge in [0, 0.05) is 26.3 Å². The second kappa shape index (κ2) is 7.05. The Hall–Kier alpha value is -1.30. The molecule has 0 N–H and O–H groups in total. The Kier molecular flexibility index (Phi) is 6.44. The number of ether oxygens (including phenoxy) is 1. The van der Waals surface area contributed by atoms with Gasteiger partial charge in [-0.2, -0.15) is 0 Å². The Labute approximate surface area is 91.9 Å². The smallest absolute Gasteiger partial charge is 0.330 e. The fourth-order valence-electron chi connectivity index (χ4n) is 1.12. The van der Waals surface area contributed by atoms with Gasteiger partial charge in [0.05, 0.1) is 6.61 Å². The van der Waals surface area contributed by atoms with E-state index in [0.29, 0.717) is 6.61 Å². The fourth-order valence-corrected chi connectivity index (χ4v) is 1.12. The minimum absolute atomic E-state index is 0.252. The summed E-state index contributed by atoms with van der Waals surface area (Å²) in [6.45, 7) is 14.6. The van der Waals surface area contributed by atoms with Gasteiger partial charge in [-0.3, -0.25) is 0 Å². The van der Waals surface area contributed by atoms with Gasteiger partial charge in [-0.25, -0.2) is 11.4 Å². The molecule has 3 heteroatoms. The van der Waals surface area contributed by atoms with Crippen molar-refractivity contribution in [1.29, 1.82) is 0 Å². The predicted molar refractivity (Wildman–Crippen MR) is 60.3 cm³/mol. The third-order valence-electron chi connectivity index (χ3n) is 2.15. The summed E-state index contributed by atoms with van der Waals surface area (Å²) in [5, 5.41) is 0. The van der Waals surface area contributed by atoms with E-state index < -0.39 is 0 Å². The first-order valence-corrected chi connectivity index (χ1v) is 5.19. The van der Waals surface area contributed by atoms with Crippen LogP contribution in [-0.4, -0.2) is 18.1 Å². The maximum absolute atomic E-state index is 10.7. The van der Waals surface area contributed by atoms with Crippen molar-refractivity contribution in [2.24, 2.45) is 0 Å². The van der Waals surface area contributed by atoms with Crippen LogP contribution in [0.1, 0.15) is 39.5 Å². The molecule has 0 saturated heterocycles. The number of unbranched alkanes of at least 4 members (excludes halogenated alkanes) is 2. The Morgan fingerprint density at radius 1 is 1.47 bits per heavy atom. The second-order valence-corrected chi connectivity index (χ2v) is 4.11. The number of nitrogens with zero attached hydrogens (tertiary/aromatic N) is 1. The molecule has 0 heterocycles. The molecule has 0 fully saturated rings. The van der Waals surface area contributed by atoms with Crippen molar-refractivity contribution in [1.82, 2.24) is 0 Å². The molecule has 0 atom stereocenters. The highest BCUT2D eigenvalue weighted by molar-refractivity contribution is 5.81. The lowest BCUT2D eigenvalue weighted by atomic mass is 9.98. The van der Waals surface area contributed by atoms with E-state index in [1.165, 1.54) is 6.08 Å². The predicted octanol–water partition coefficient (Wildman–Crippen LogP) is 2.97. The second-order valence-electron chi connectivity index (χ2n) is 4.11. The zero-order valence-corrected chi connectivity index (χ0v) is 9.58. The third-order valence-corrected chi connectivity index (χ3v) is 2.15. The average molecular weight is 209 g/mol. The number of hydrogen-bond donors (Lipinski definition) is 0. The molecule has 84 valence electrons. The van der Waals surface area contributed by atoms with E-state index >= 15 is 0 Å². The SMILES string of the molecule is [C-]#[N+]C(C)(C)CCCCCOC(=O)C=C. The fraction of sp³-hybridized carbons (Fsp3) is 0.667. The topological polar surface area (TPSA) is 30.7 Å². The van der Waals surface area contributed by atoms with E-state index in [1.807, 2.05) is 13.8 Å². The van der Waals surface area contributed by atoms with Crippen molar-refractivity contribution in [2.75, 3.05) is 6.61 Å². The number of esters is 1. The summed E-state index contributed by atoms with van der Waals surface area (Å²) in [4.78, 5) is 14.2. The van der Waals surface area contributed by atoms with Crippen LogP contribution in [0.25, 0.3) is 4.85 Å². The van der Waals surface area contributed by atoms with Crippen molar-refractivity contribution in [3.8, 4) is 0 Å². The van der Waals surface area contributed by atoms with Gasteiger partial charge in [0.15, 0.2) is 0 Å². The van der Waals surface area contributed by atoms with Crippen LogP contribution in [0, 0.1) is 6.57 Å². The molecule has 0 spiro atoms. The third kappa shape index (κ3) is 7.75. The van der Waals surface area contributed by atoms with Crippen LogP contribution in [0.15, 0.2) is 12.7 Å². The molecule has 0 aliphatic rings. The first-order chi connectivity index (χ1) is 7.02. The van der Waals surface area contributed by atoms with Gasteiger partial charge < -0.3 is 9.58 Å². The number of hydrogen-bond acceptors (Lipinski definition) is 2. The Morgan fingerprint density at radius 2 is 2.13 bits per heavy atom. The van der Waals surface area contributed by atoms with Gasteiger partial charge in [0.25, 0.3) is 0 Å². The van der Waals surface area contributed by atoms with Crippen LogP contribution in [0.5, 0.6) is 0 Å². The van der Waals surface area contributed by atoms with Crippen LogP contribution < -0.4 is 0 Å². The lowest BCUT2D eigenvalue weighted by Crippen LogP contribution is -2.13. The van der Waals surface area contributed by atoms with E-state index in [9.17, 15) is 4.79 Å². The van der Waals surface area contributed by atoms with Crippen LogP contribution in [-0.2, 0) is 9.53 Å². The van der Waals surface area contributed by atoms with E-state index in [1.54, 1.807) is 0 Å². The molecule has 0 saturated carbocycles. The van der Waals surface area contributed by atoms with Crippen molar-refractivity contribution < 1.29 is 9.53 Å². The molecule has 0 radical (unpaired) electrons. The number of rotatable bonds is 7. The molecule has 0 bridgehead atoms. The molecule has 0 aromatic heterocycles. The van der Waals surface area contributed by atoms with E-state index in [0.717, 1.165) is 25.7 Å². The normalized spacial score (nSPS) is 10.5. The van der Waals surface area contributed by atoms with Crippen LogP contribution in [0.2, 0.25) is 0 Å².